The number of aromatic nitrogens is 4. The minimum Gasteiger partial charge on any atom is -0.383 e. The van der Waals surface area contributed by atoms with Gasteiger partial charge < -0.3 is 5.73 Å². The van der Waals surface area contributed by atoms with Crippen LogP contribution >= 0.6 is 22.6 Å². The lowest BCUT2D eigenvalue weighted by molar-refractivity contribution is 0.543. The zero-order valence-corrected chi connectivity index (χ0v) is 14.2. The molecular weight excluding hydrogens is 353 g/mol. The van der Waals surface area contributed by atoms with Gasteiger partial charge in [0, 0.05) is 24.2 Å². The largest absolute Gasteiger partial charge is 0.383 e. The fourth-order valence-electron chi connectivity index (χ4n) is 2.14. The van der Waals surface area contributed by atoms with Crippen LogP contribution in [0.4, 0.5) is 5.82 Å². The van der Waals surface area contributed by atoms with Gasteiger partial charge in [-0.15, -0.1) is 0 Å². The Morgan fingerprint density at radius 1 is 1.32 bits per heavy atom. The van der Waals surface area contributed by atoms with Crippen molar-refractivity contribution in [3.05, 3.63) is 26.7 Å². The van der Waals surface area contributed by atoms with Crippen LogP contribution in [0.15, 0.2) is 6.20 Å². The third-order valence-corrected chi connectivity index (χ3v) is 4.36. The lowest BCUT2D eigenvalue weighted by Gasteiger charge is -2.17. The highest BCUT2D eigenvalue weighted by atomic mass is 127. The second-order valence-corrected chi connectivity index (χ2v) is 6.95. The molecule has 0 saturated heterocycles. The third kappa shape index (κ3) is 2.77. The van der Waals surface area contributed by atoms with Gasteiger partial charge in [-0.1, -0.05) is 20.8 Å². The molecule has 0 aliphatic heterocycles. The number of rotatable bonds is 2. The molecule has 0 bridgehead atoms. The number of hydrogen-bond donors (Lipinski definition) is 1. The van der Waals surface area contributed by atoms with Crippen molar-refractivity contribution in [2.45, 2.75) is 39.7 Å². The average molecular weight is 373 g/mol. The molecular formula is C13H20IN5. The van der Waals surface area contributed by atoms with Crippen LogP contribution in [-0.2, 0) is 19.0 Å². The van der Waals surface area contributed by atoms with Gasteiger partial charge in [0.1, 0.15) is 5.82 Å². The van der Waals surface area contributed by atoms with Gasteiger partial charge >= 0.3 is 0 Å². The molecule has 6 heteroatoms. The van der Waals surface area contributed by atoms with Gasteiger partial charge in [-0.05, 0) is 29.5 Å². The van der Waals surface area contributed by atoms with Crippen molar-refractivity contribution in [1.29, 1.82) is 0 Å². The van der Waals surface area contributed by atoms with Gasteiger partial charge in [-0.3, -0.25) is 4.68 Å². The van der Waals surface area contributed by atoms with E-state index < -0.39 is 0 Å². The number of nitrogens with zero attached hydrogens (tertiary/aromatic N) is 4. The van der Waals surface area contributed by atoms with Crippen molar-refractivity contribution >= 4 is 28.4 Å². The van der Waals surface area contributed by atoms with E-state index in [0.29, 0.717) is 6.54 Å². The second-order valence-electron chi connectivity index (χ2n) is 5.87. The normalized spacial score (nSPS) is 12.1. The van der Waals surface area contributed by atoms with Crippen LogP contribution in [0.3, 0.4) is 0 Å². The first kappa shape index (κ1) is 14.4. The molecule has 0 radical (unpaired) electrons. The molecule has 5 nitrogen and oxygen atoms in total. The Morgan fingerprint density at radius 3 is 2.42 bits per heavy atom. The number of halogens is 1. The van der Waals surface area contributed by atoms with E-state index in [9.17, 15) is 0 Å². The van der Waals surface area contributed by atoms with E-state index in [0.717, 1.165) is 20.8 Å². The second kappa shape index (κ2) is 4.81. The van der Waals surface area contributed by atoms with E-state index in [1.807, 2.05) is 29.5 Å². The van der Waals surface area contributed by atoms with Gasteiger partial charge in [0.05, 0.1) is 21.5 Å². The molecule has 19 heavy (non-hydrogen) atoms. The van der Waals surface area contributed by atoms with Crippen molar-refractivity contribution in [2.24, 2.45) is 7.05 Å². The molecule has 0 aromatic carbocycles. The number of hydrogen-bond acceptors (Lipinski definition) is 3. The summed E-state index contributed by atoms with van der Waals surface area (Å²) >= 11 is 2.23. The molecule has 0 unspecified atom stereocenters. The molecule has 0 aliphatic rings. The fraction of sp³-hybridized carbons (Fsp3) is 0.538. The molecule has 0 aliphatic carbocycles. The Labute approximate surface area is 127 Å². The molecule has 0 saturated carbocycles. The predicted molar refractivity (Wildman–Crippen MR) is 85.1 cm³/mol. The van der Waals surface area contributed by atoms with Crippen LogP contribution in [0.5, 0.6) is 0 Å². The molecule has 0 spiro atoms. The van der Waals surface area contributed by atoms with Gasteiger partial charge in [0.15, 0.2) is 0 Å². The van der Waals surface area contributed by atoms with Crippen LogP contribution in [0.1, 0.15) is 37.7 Å². The average Bonchev–Trinajstić information content (AvgIpc) is 2.76. The van der Waals surface area contributed by atoms with Crippen LogP contribution in [0.25, 0.3) is 0 Å². The highest BCUT2D eigenvalue weighted by Crippen LogP contribution is 2.26. The Kier molecular flexibility index (Phi) is 3.63. The summed E-state index contributed by atoms with van der Waals surface area (Å²) in [7, 11) is 1.94. The summed E-state index contributed by atoms with van der Waals surface area (Å²) in [6, 6.07) is 0. The lowest BCUT2D eigenvalue weighted by Crippen LogP contribution is -2.16. The molecule has 2 heterocycles. The SMILES string of the molecule is Cc1nn(Cc2cn(C)nc2C(C)(C)C)c(N)c1I. The van der Waals surface area contributed by atoms with Gasteiger partial charge in [0.2, 0.25) is 0 Å². The molecule has 0 fully saturated rings. The zero-order valence-electron chi connectivity index (χ0n) is 12.0. The lowest BCUT2D eigenvalue weighted by atomic mass is 9.89. The number of anilines is 1. The zero-order chi connectivity index (χ0) is 14.4. The summed E-state index contributed by atoms with van der Waals surface area (Å²) in [5.41, 5.74) is 9.33. The Hall–Kier alpha value is -1.05. The van der Waals surface area contributed by atoms with E-state index in [2.05, 4.69) is 53.6 Å². The molecule has 2 N–H and O–H groups in total. The summed E-state index contributed by atoms with van der Waals surface area (Å²) in [5, 5.41) is 9.05. The van der Waals surface area contributed by atoms with E-state index in [1.165, 1.54) is 5.56 Å². The quantitative estimate of drug-likeness (QED) is 0.823. The first-order chi connectivity index (χ1) is 8.70. The van der Waals surface area contributed by atoms with E-state index in [1.54, 1.807) is 0 Å². The highest BCUT2D eigenvalue weighted by Gasteiger charge is 2.23. The van der Waals surface area contributed by atoms with E-state index >= 15 is 0 Å². The molecule has 2 aromatic heterocycles. The van der Waals surface area contributed by atoms with Crippen molar-refractivity contribution in [2.75, 3.05) is 5.73 Å². The predicted octanol–water partition coefficient (Wildman–Crippen LogP) is 2.46. The molecule has 104 valence electrons. The Morgan fingerprint density at radius 2 is 1.95 bits per heavy atom. The summed E-state index contributed by atoms with van der Waals surface area (Å²) < 4.78 is 4.73. The van der Waals surface area contributed by atoms with Crippen LogP contribution in [0, 0.1) is 10.5 Å². The standard InChI is InChI=1S/C13H20IN5/c1-8-10(14)12(15)19(16-8)7-9-6-18(5)17-11(9)13(2,3)4/h6H,7,15H2,1-5H3. The number of aryl methyl sites for hydroxylation is 2. The number of nitrogen functional groups attached to an aromatic ring is 1. The highest BCUT2D eigenvalue weighted by molar-refractivity contribution is 14.1. The summed E-state index contributed by atoms with van der Waals surface area (Å²) in [6.45, 7) is 9.14. The van der Waals surface area contributed by atoms with Crippen molar-refractivity contribution in [3.8, 4) is 0 Å². The molecule has 2 rings (SSSR count). The van der Waals surface area contributed by atoms with E-state index in [4.69, 9.17) is 5.73 Å². The third-order valence-electron chi connectivity index (χ3n) is 3.03. The molecule has 0 atom stereocenters. The van der Waals surface area contributed by atoms with E-state index in [-0.39, 0.29) is 5.41 Å². The summed E-state index contributed by atoms with van der Waals surface area (Å²) in [5.74, 6) is 0.724. The molecule has 2 aromatic rings. The maximum absolute atomic E-state index is 6.08. The van der Waals surface area contributed by atoms with Gasteiger partial charge in [-0.25, -0.2) is 4.68 Å². The summed E-state index contributed by atoms with van der Waals surface area (Å²) in [4.78, 5) is 0. The maximum atomic E-state index is 6.08. The number of nitrogens with two attached hydrogens (primary N) is 1. The van der Waals surface area contributed by atoms with Crippen molar-refractivity contribution < 1.29 is 0 Å². The fourth-order valence-corrected chi connectivity index (χ4v) is 2.53. The maximum Gasteiger partial charge on any atom is 0.135 e. The van der Waals surface area contributed by atoms with Crippen LogP contribution in [-0.4, -0.2) is 19.6 Å². The summed E-state index contributed by atoms with van der Waals surface area (Å²) in [6.07, 6.45) is 2.05. The minimum absolute atomic E-state index is 0.0146. The first-order valence-corrected chi connectivity index (χ1v) is 7.29. The topological polar surface area (TPSA) is 61.7 Å². The van der Waals surface area contributed by atoms with Gasteiger partial charge in [0.25, 0.3) is 0 Å². The Bertz CT molecular complexity index is 603. The minimum atomic E-state index is 0.0146. The Balaban J connectivity index is 2.41. The first-order valence-electron chi connectivity index (χ1n) is 6.21. The van der Waals surface area contributed by atoms with Crippen LogP contribution < -0.4 is 5.73 Å². The molecule has 0 amide bonds. The monoisotopic (exact) mass is 373 g/mol. The van der Waals surface area contributed by atoms with Crippen LogP contribution in [0.2, 0.25) is 0 Å². The van der Waals surface area contributed by atoms with Crippen molar-refractivity contribution in [3.63, 3.8) is 0 Å². The van der Waals surface area contributed by atoms with Gasteiger partial charge in [-0.2, -0.15) is 10.2 Å². The smallest absolute Gasteiger partial charge is 0.135 e. The van der Waals surface area contributed by atoms with Crippen molar-refractivity contribution in [1.82, 2.24) is 19.6 Å².